The zero-order valence-electron chi connectivity index (χ0n) is 11.7. The zero-order chi connectivity index (χ0) is 15.2. The van der Waals surface area contributed by atoms with Gasteiger partial charge in [0, 0.05) is 23.1 Å². The van der Waals surface area contributed by atoms with Crippen molar-refractivity contribution in [2.45, 2.75) is 12.8 Å². The van der Waals surface area contributed by atoms with E-state index in [2.05, 4.69) is 10.4 Å². The average molecular weight is 322 g/mol. The topological polar surface area (TPSA) is 105 Å². The molecule has 1 amide bonds. The molecule has 0 fully saturated rings. The van der Waals surface area contributed by atoms with Crippen molar-refractivity contribution in [2.24, 2.45) is 10.9 Å². The lowest BCUT2D eigenvalue weighted by Crippen LogP contribution is -2.13. The Morgan fingerprint density at radius 3 is 2.45 bits per heavy atom. The van der Waals surface area contributed by atoms with Crippen LogP contribution in [0, 0.1) is 0 Å². The number of carbonyl (C=O) groups is 2. The quantitative estimate of drug-likeness (QED) is 0.446. The number of fused-ring (bicyclic) bond motifs is 1. The third kappa shape index (κ3) is 4.20. The Balaban J connectivity index is 0.00000242. The van der Waals surface area contributed by atoms with Crippen LogP contribution in [-0.2, 0) is 9.59 Å². The fourth-order valence-corrected chi connectivity index (χ4v) is 2.06. The Labute approximate surface area is 133 Å². The van der Waals surface area contributed by atoms with Gasteiger partial charge in [0.1, 0.15) is 0 Å². The molecule has 0 aliphatic heterocycles. The number of nitrogens with zero attached hydrogens (tertiary/aromatic N) is 1. The van der Waals surface area contributed by atoms with E-state index >= 15 is 0 Å². The van der Waals surface area contributed by atoms with E-state index in [1.807, 2.05) is 24.3 Å². The van der Waals surface area contributed by atoms with Gasteiger partial charge in [0.15, 0.2) is 0 Å². The van der Waals surface area contributed by atoms with Gasteiger partial charge < -0.3 is 16.3 Å². The van der Waals surface area contributed by atoms with E-state index < -0.39 is 5.97 Å². The van der Waals surface area contributed by atoms with Crippen LogP contribution in [0.15, 0.2) is 41.5 Å². The minimum atomic E-state index is -0.996. The third-order valence-electron chi connectivity index (χ3n) is 3.01. The first kappa shape index (κ1) is 17.5. The molecule has 0 heterocycles. The number of hydrazone groups is 1. The van der Waals surface area contributed by atoms with Gasteiger partial charge in [-0.3, -0.25) is 9.59 Å². The summed E-state index contributed by atoms with van der Waals surface area (Å²) < 4.78 is 0. The van der Waals surface area contributed by atoms with Crippen molar-refractivity contribution in [1.82, 2.24) is 0 Å². The number of carbonyl (C=O) groups excluding carboxylic acids is 1. The second-order valence-corrected chi connectivity index (χ2v) is 4.47. The van der Waals surface area contributed by atoms with Gasteiger partial charge in [0.05, 0.1) is 12.6 Å². The molecule has 0 unspecified atom stereocenters. The molecule has 2 aromatic rings. The summed E-state index contributed by atoms with van der Waals surface area (Å²) in [5.41, 5.74) is 1.48. The summed E-state index contributed by atoms with van der Waals surface area (Å²) in [6.45, 7) is 0. The molecule has 0 saturated carbocycles. The summed E-state index contributed by atoms with van der Waals surface area (Å²) in [5, 5.41) is 16.6. The highest BCUT2D eigenvalue weighted by Gasteiger charge is 2.09. The Morgan fingerprint density at radius 1 is 1.14 bits per heavy atom. The second-order valence-electron chi connectivity index (χ2n) is 4.47. The van der Waals surface area contributed by atoms with Crippen LogP contribution >= 0.6 is 12.4 Å². The number of nitrogens with two attached hydrogens (primary N) is 1. The first-order valence-corrected chi connectivity index (χ1v) is 6.38. The van der Waals surface area contributed by atoms with Gasteiger partial charge in [-0.05, 0) is 11.5 Å². The molecule has 4 N–H and O–H groups in total. The number of hydrogen-bond acceptors (Lipinski definition) is 4. The van der Waals surface area contributed by atoms with Crippen molar-refractivity contribution in [3.8, 4) is 0 Å². The average Bonchev–Trinajstić information content (AvgIpc) is 2.48. The molecule has 0 spiro atoms. The number of rotatable bonds is 5. The smallest absolute Gasteiger partial charge is 0.303 e. The largest absolute Gasteiger partial charge is 0.481 e. The van der Waals surface area contributed by atoms with Crippen LogP contribution in [0.1, 0.15) is 18.4 Å². The lowest BCUT2D eigenvalue weighted by Gasteiger charge is -2.10. The standard InChI is InChI=1S/C15H15N3O3.ClH/c16-17-9-10-5-6-13(12-4-2-1-3-11(10)12)18-14(19)7-8-15(20)21;/h1-6,9H,7-8,16H2,(H,18,19)(H,20,21);1H. The fraction of sp³-hybridized carbons (Fsp3) is 0.133. The van der Waals surface area contributed by atoms with Gasteiger partial charge in [-0.15, -0.1) is 12.4 Å². The van der Waals surface area contributed by atoms with Crippen LogP contribution in [0.25, 0.3) is 10.8 Å². The number of carboxylic acids is 1. The van der Waals surface area contributed by atoms with Gasteiger partial charge >= 0.3 is 5.97 Å². The molecule has 7 heteroatoms. The van der Waals surface area contributed by atoms with Crippen molar-refractivity contribution in [3.05, 3.63) is 42.0 Å². The van der Waals surface area contributed by atoms with Crippen molar-refractivity contribution in [3.63, 3.8) is 0 Å². The molecule has 6 nitrogen and oxygen atoms in total. The number of carboxylic acid groups (broad SMARTS) is 1. The SMILES string of the molecule is Cl.NN=Cc1ccc(NC(=O)CCC(=O)O)c2ccccc12. The van der Waals surface area contributed by atoms with Gasteiger partial charge in [-0.25, -0.2) is 0 Å². The maximum Gasteiger partial charge on any atom is 0.303 e. The molecular weight excluding hydrogens is 306 g/mol. The summed E-state index contributed by atoms with van der Waals surface area (Å²) in [4.78, 5) is 22.2. The minimum absolute atomic E-state index is 0. The van der Waals surface area contributed by atoms with E-state index in [9.17, 15) is 9.59 Å². The molecule has 0 aliphatic rings. The van der Waals surface area contributed by atoms with Gasteiger partial charge in [-0.2, -0.15) is 5.10 Å². The van der Waals surface area contributed by atoms with Crippen LogP contribution in [0.3, 0.4) is 0 Å². The van der Waals surface area contributed by atoms with Crippen LogP contribution in [-0.4, -0.2) is 23.2 Å². The van der Waals surface area contributed by atoms with E-state index in [0.29, 0.717) is 5.69 Å². The number of nitrogens with one attached hydrogen (secondary N) is 1. The molecule has 0 radical (unpaired) electrons. The Bertz CT molecular complexity index is 716. The zero-order valence-corrected chi connectivity index (χ0v) is 12.5. The maximum atomic E-state index is 11.8. The number of anilines is 1. The van der Waals surface area contributed by atoms with Gasteiger partial charge in [-0.1, -0.05) is 30.3 Å². The van der Waals surface area contributed by atoms with E-state index in [1.54, 1.807) is 18.3 Å². The first-order valence-electron chi connectivity index (χ1n) is 6.38. The fourth-order valence-electron chi connectivity index (χ4n) is 2.06. The minimum Gasteiger partial charge on any atom is -0.481 e. The number of amides is 1. The Morgan fingerprint density at radius 2 is 1.82 bits per heavy atom. The van der Waals surface area contributed by atoms with E-state index in [4.69, 9.17) is 10.9 Å². The highest BCUT2D eigenvalue weighted by molar-refractivity contribution is 6.08. The molecule has 22 heavy (non-hydrogen) atoms. The molecule has 0 bridgehead atoms. The maximum absolute atomic E-state index is 11.8. The second kappa shape index (κ2) is 7.99. The number of halogens is 1. The first-order chi connectivity index (χ1) is 10.1. The monoisotopic (exact) mass is 321 g/mol. The molecule has 0 atom stereocenters. The Kier molecular flexibility index (Phi) is 6.34. The normalized spacial score (nSPS) is 10.4. The summed E-state index contributed by atoms with van der Waals surface area (Å²) in [6.07, 6.45) is 1.29. The van der Waals surface area contributed by atoms with E-state index in [0.717, 1.165) is 16.3 Å². The number of benzene rings is 2. The van der Waals surface area contributed by atoms with Crippen molar-refractivity contribution >= 4 is 47.0 Å². The number of hydrogen-bond donors (Lipinski definition) is 3. The highest BCUT2D eigenvalue weighted by atomic mass is 35.5. The molecule has 2 rings (SSSR count). The van der Waals surface area contributed by atoms with Gasteiger partial charge in [0.25, 0.3) is 0 Å². The molecule has 2 aromatic carbocycles. The predicted molar refractivity (Wildman–Crippen MR) is 88.5 cm³/mol. The lowest BCUT2D eigenvalue weighted by molar-refractivity contribution is -0.138. The summed E-state index contributed by atoms with van der Waals surface area (Å²) in [6, 6.07) is 11.1. The van der Waals surface area contributed by atoms with E-state index in [-0.39, 0.29) is 31.2 Å². The van der Waals surface area contributed by atoms with E-state index in [1.165, 1.54) is 0 Å². The molecular formula is C15H16ClN3O3. The molecule has 0 aromatic heterocycles. The summed E-state index contributed by atoms with van der Waals surface area (Å²) in [5.74, 6) is 3.86. The van der Waals surface area contributed by atoms with Crippen molar-refractivity contribution in [2.75, 3.05) is 5.32 Å². The van der Waals surface area contributed by atoms with Gasteiger partial charge in [0.2, 0.25) is 5.91 Å². The van der Waals surface area contributed by atoms with Crippen molar-refractivity contribution < 1.29 is 14.7 Å². The van der Waals surface area contributed by atoms with Crippen molar-refractivity contribution in [1.29, 1.82) is 0 Å². The third-order valence-corrected chi connectivity index (χ3v) is 3.01. The van der Waals surface area contributed by atoms with Crippen LogP contribution < -0.4 is 11.2 Å². The van der Waals surface area contributed by atoms with Crippen LogP contribution in [0.5, 0.6) is 0 Å². The van der Waals surface area contributed by atoms with Crippen LogP contribution in [0.2, 0.25) is 0 Å². The Hall–Kier alpha value is -2.60. The predicted octanol–water partition coefficient (Wildman–Crippen LogP) is 2.36. The molecule has 116 valence electrons. The highest BCUT2D eigenvalue weighted by Crippen LogP contribution is 2.26. The lowest BCUT2D eigenvalue weighted by atomic mass is 10.0. The molecule has 0 aliphatic carbocycles. The number of aliphatic carboxylic acids is 1. The summed E-state index contributed by atoms with van der Waals surface area (Å²) in [7, 11) is 0. The van der Waals surface area contributed by atoms with Crippen LogP contribution in [0.4, 0.5) is 5.69 Å². The summed E-state index contributed by atoms with van der Waals surface area (Å²) >= 11 is 0. The molecule has 0 saturated heterocycles.